The molecule has 21 heavy (non-hydrogen) atoms. The quantitative estimate of drug-likeness (QED) is 0.449. The Morgan fingerprint density at radius 3 is 2.52 bits per heavy atom. The van der Waals surface area contributed by atoms with Crippen molar-refractivity contribution >= 4 is 23.4 Å². The molecule has 5 nitrogen and oxygen atoms in total. The van der Waals surface area contributed by atoms with Gasteiger partial charge in [-0.05, 0) is 17.7 Å². The molecule has 7 heteroatoms. The van der Waals surface area contributed by atoms with Crippen LogP contribution >= 0.6 is 11.8 Å². The smallest absolute Gasteiger partial charge is 0.191 e. The zero-order chi connectivity index (χ0) is 15.2. The van der Waals surface area contributed by atoms with Crippen LogP contribution < -0.4 is 17.2 Å². The van der Waals surface area contributed by atoms with Gasteiger partial charge in [-0.3, -0.25) is 0 Å². The van der Waals surface area contributed by atoms with E-state index in [9.17, 15) is 4.39 Å². The molecule has 6 N–H and O–H groups in total. The van der Waals surface area contributed by atoms with Crippen LogP contribution in [0, 0.1) is 17.7 Å². The summed E-state index contributed by atoms with van der Waals surface area (Å²) in [5.41, 5.74) is 18.0. The van der Waals surface area contributed by atoms with Crippen LogP contribution in [0.15, 0.2) is 29.4 Å². The van der Waals surface area contributed by atoms with Gasteiger partial charge >= 0.3 is 0 Å². The molecule has 0 radical (unpaired) electrons. The largest absolute Gasteiger partial charge is 0.383 e. The van der Waals surface area contributed by atoms with E-state index in [2.05, 4.69) is 21.8 Å². The van der Waals surface area contributed by atoms with E-state index in [1.165, 1.54) is 30.0 Å². The molecule has 2 aromatic rings. The Morgan fingerprint density at radius 2 is 1.86 bits per heavy atom. The Balaban J connectivity index is 2.19. The second-order valence-electron chi connectivity index (χ2n) is 4.10. The third kappa shape index (κ3) is 4.34. The third-order valence-electron chi connectivity index (χ3n) is 2.50. The Morgan fingerprint density at radius 1 is 1.14 bits per heavy atom. The second kappa shape index (κ2) is 6.92. The zero-order valence-corrected chi connectivity index (χ0v) is 12.0. The molecule has 0 saturated heterocycles. The van der Waals surface area contributed by atoms with Crippen molar-refractivity contribution in [3.05, 3.63) is 41.2 Å². The number of nitrogen functional groups attached to an aromatic ring is 2. The summed E-state index contributed by atoms with van der Waals surface area (Å²) in [7, 11) is 0. The van der Waals surface area contributed by atoms with Gasteiger partial charge in [-0.1, -0.05) is 29.7 Å². The number of benzene rings is 1. The molecule has 0 saturated carbocycles. The van der Waals surface area contributed by atoms with Crippen molar-refractivity contribution in [2.24, 2.45) is 5.73 Å². The van der Waals surface area contributed by atoms with Crippen molar-refractivity contribution in [2.45, 2.75) is 10.9 Å². The maximum absolute atomic E-state index is 13.3. The summed E-state index contributed by atoms with van der Waals surface area (Å²) in [5.74, 6) is 6.39. The molecule has 0 atom stereocenters. The average Bonchev–Trinajstić information content (AvgIpc) is 2.43. The summed E-state index contributed by atoms with van der Waals surface area (Å²) in [6, 6.07) is 5.93. The normalized spacial score (nSPS) is 10.0. The molecule has 0 bridgehead atoms. The van der Waals surface area contributed by atoms with E-state index in [4.69, 9.17) is 17.2 Å². The van der Waals surface area contributed by atoms with Crippen LogP contribution in [0.3, 0.4) is 0 Å². The fraction of sp³-hybridized carbons (Fsp3) is 0.143. The van der Waals surface area contributed by atoms with Crippen molar-refractivity contribution in [1.82, 2.24) is 9.97 Å². The Bertz CT molecular complexity index is 688. The van der Waals surface area contributed by atoms with Crippen molar-refractivity contribution < 1.29 is 4.39 Å². The van der Waals surface area contributed by atoms with E-state index in [0.717, 1.165) is 5.56 Å². The molecular formula is C14H14FN5S. The van der Waals surface area contributed by atoms with E-state index in [1.807, 2.05) is 0 Å². The summed E-state index contributed by atoms with van der Waals surface area (Å²) in [5, 5.41) is 0.467. The lowest BCUT2D eigenvalue weighted by Gasteiger charge is -2.05. The van der Waals surface area contributed by atoms with Gasteiger partial charge in [-0.15, -0.1) is 0 Å². The summed E-state index contributed by atoms with van der Waals surface area (Å²) >= 11 is 1.35. The van der Waals surface area contributed by atoms with Gasteiger partial charge in [0.1, 0.15) is 17.5 Å². The molecule has 1 heterocycles. The predicted molar refractivity (Wildman–Crippen MR) is 82.8 cm³/mol. The molecule has 0 spiro atoms. The number of anilines is 2. The van der Waals surface area contributed by atoms with Crippen LogP contribution in [0.5, 0.6) is 0 Å². The van der Waals surface area contributed by atoms with Crippen LogP contribution in [-0.4, -0.2) is 16.5 Å². The third-order valence-corrected chi connectivity index (χ3v) is 3.40. The van der Waals surface area contributed by atoms with E-state index < -0.39 is 0 Å². The topological polar surface area (TPSA) is 104 Å². The first-order valence-corrected chi connectivity index (χ1v) is 7.07. The fourth-order valence-corrected chi connectivity index (χ4v) is 2.48. The minimum Gasteiger partial charge on any atom is -0.383 e. The highest BCUT2D eigenvalue weighted by Gasteiger charge is 2.06. The Hall–Kier alpha value is -2.30. The molecule has 0 amide bonds. The summed E-state index contributed by atoms with van der Waals surface area (Å²) in [6.45, 7) is 0.220. The Labute approximate surface area is 126 Å². The van der Waals surface area contributed by atoms with E-state index >= 15 is 0 Å². The fourth-order valence-electron chi connectivity index (χ4n) is 1.61. The number of hydrogen-bond donors (Lipinski definition) is 3. The highest BCUT2D eigenvalue weighted by molar-refractivity contribution is 7.98. The van der Waals surface area contributed by atoms with Crippen LogP contribution in [-0.2, 0) is 5.75 Å². The zero-order valence-electron chi connectivity index (χ0n) is 11.1. The summed E-state index contributed by atoms with van der Waals surface area (Å²) in [6.07, 6.45) is 0. The van der Waals surface area contributed by atoms with Crippen LogP contribution in [0.1, 0.15) is 11.1 Å². The number of halogens is 1. The van der Waals surface area contributed by atoms with Gasteiger partial charge in [0.15, 0.2) is 5.16 Å². The second-order valence-corrected chi connectivity index (χ2v) is 5.04. The van der Waals surface area contributed by atoms with Crippen molar-refractivity contribution in [2.75, 3.05) is 18.0 Å². The molecule has 0 unspecified atom stereocenters. The van der Waals surface area contributed by atoms with E-state index in [-0.39, 0.29) is 12.4 Å². The minimum atomic E-state index is -0.338. The number of nitrogens with zero attached hydrogens (tertiary/aromatic N) is 2. The van der Waals surface area contributed by atoms with Gasteiger partial charge in [-0.2, -0.15) is 0 Å². The van der Waals surface area contributed by atoms with Crippen LogP contribution in [0.4, 0.5) is 16.0 Å². The van der Waals surface area contributed by atoms with Crippen LogP contribution in [0.25, 0.3) is 0 Å². The number of aromatic nitrogens is 2. The van der Waals surface area contributed by atoms with Gasteiger partial charge in [-0.25, -0.2) is 14.4 Å². The minimum absolute atomic E-state index is 0.220. The molecule has 1 aromatic heterocycles. The summed E-state index contributed by atoms with van der Waals surface area (Å²) < 4.78 is 13.3. The van der Waals surface area contributed by atoms with Gasteiger partial charge in [0, 0.05) is 17.4 Å². The number of nitrogens with two attached hydrogens (primary N) is 3. The number of thioether (sulfide) groups is 1. The lowest BCUT2D eigenvalue weighted by molar-refractivity contribution is 0.627. The molecule has 2 rings (SSSR count). The number of hydrogen-bond acceptors (Lipinski definition) is 6. The van der Waals surface area contributed by atoms with Gasteiger partial charge < -0.3 is 17.2 Å². The van der Waals surface area contributed by atoms with Crippen molar-refractivity contribution in [3.8, 4) is 11.8 Å². The van der Waals surface area contributed by atoms with Gasteiger partial charge in [0.25, 0.3) is 0 Å². The standard InChI is InChI=1S/C14H14FN5S/c15-11-4-3-10(9(6-11)2-1-5-16)8-21-14-19-12(17)7-13(18)20-14/h3-4,6-7H,5,8,16H2,(H4,17,18,19,20). The van der Waals surface area contributed by atoms with Gasteiger partial charge in [0.2, 0.25) is 0 Å². The Kier molecular flexibility index (Phi) is 4.98. The first kappa shape index (κ1) is 15.1. The first-order chi connectivity index (χ1) is 10.1. The van der Waals surface area contributed by atoms with Crippen molar-refractivity contribution in [3.63, 3.8) is 0 Å². The monoisotopic (exact) mass is 303 g/mol. The number of rotatable bonds is 3. The summed E-state index contributed by atoms with van der Waals surface area (Å²) in [4.78, 5) is 8.16. The predicted octanol–water partition coefficient (Wildman–Crippen LogP) is 1.38. The lowest BCUT2D eigenvalue weighted by Crippen LogP contribution is -1.99. The lowest BCUT2D eigenvalue weighted by atomic mass is 10.1. The van der Waals surface area contributed by atoms with Crippen molar-refractivity contribution in [1.29, 1.82) is 0 Å². The SMILES string of the molecule is NCC#Cc1cc(F)ccc1CSc1nc(N)cc(N)n1. The molecular weight excluding hydrogens is 289 g/mol. The maximum atomic E-state index is 13.3. The molecule has 108 valence electrons. The van der Waals surface area contributed by atoms with E-state index in [0.29, 0.717) is 28.1 Å². The van der Waals surface area contributed by atoms with E-state index in [1.54, 1.807) is 6.07 Å². The van der Waals surface area contributed by atoms with Crippen LogP contribution in [0.2, 0.25) is 0 Å². The average molecular weight is 303 g/mol. The maximum Gasteiger partial charge on any atom is 0.191 e. The molecule has 0 fully saturated rings. The molecule has 0 aliphatic rings. The van der Waals surface area contributed by atoms with Gasteiger partial charge in [0.05, 0.1) is 6.54 Å². The first-order valence-electron chi connectivity index (χ1n) is 6.08. The highest BCUT2D eigenvalue weighted by Crippen LogP contribution is 2.23. The molecule has 0 aliphatic heterocycles. The molecule has 0 aliphatic carbocycles. The highest BCUT2D eigenvalue weighted by atomic mass is 32.2. The molecule has 1 aromatic carbocycles.